The van der Waals surface area contributed by atoms with Gasteiger partial charge in [0.25, 0.3) is 0 Å². The van der Waals surface area contributed by atoms with Crippen LogP contribution in [0.25, 0.3) is 5.57 Å². The van der Waals surface area contributed by atoms with Crippen molar-refractivity contribution < 1.29 is 29.0 Å². The maximum atomic E-state index is 12.3. The number of hydrogen-bond acceptors (Lipinski definition) is 5. The van der Waals surface area contributed by atoms with Gasteiger partial charge in [0.1, 0.15) is 10.8 Å². The third kappa shape index (κ3) is 4.57. The molecule has 8 heteroatoms. The Hall–Kier alpha value is -2.83. The van der Waals surface area contributed by atoms with Crippen molar-refractivity contribution in [1.82, 2.24) is 0 Å². The van der Waals surface area contributed by atoms with Crippen molar-refractivity contribution >= 4 is 46.5 Å². The second-order valence-electron chi connectivity index (χ2n) is 9.26. The number of hydrogen-bond donors (Lipinski definition) is 1. The zero-order valence-corrected chi connectivity index (χ0v) is 20.3. The molecule has 0 heterocycles. The average molecular weight is 503 g/mol. The number of halogens is 2. The molecule has 0 aromatic heterocycles. The summed E-state index contributed by atoms with van der Waals surface area (Å²) in [5.74, 6) is -1.85. The first-order chi connectivity index (χ1) is 16.0. The molecule has 0 spiro atoms. The molecule has 4 rings (SSSR count). The monoisotopic (exact) mass is 502 g/mol. The summed E-state index contributed by atoms with van der Waals surface area (Å²) < 4.78 is 10.6. The third-order valence-electron chi connectivity index (χ3n) is 6.39. The fraction of sp³-hybridized carbons (Fsp3) is 0.346. The van der Waals surface area contributed by atoms with Crippen molar-refractivity contribution in [3.63, 3.8) is 0 Å². The molecule has 1 N–H and O–H groups in total. The van der Waals surface area contributed by atoms with Crippen molar-refractivity contribution in [2.75, 3.05) is 6.61 Å². The first-order valence-electron chi connectivity index (χ1n) is 10.9. The third-order valence-corrected chi connectivity index (χ3v) is 7.24. The van der Waals surface area contributed by atoms with E-state index in [-0.39, 0.29) is 27.0 Å². The van der Waals surface area contributed by atoms with Crippen molar-refractivity contribution in [3.05, 3.63) is 69.2 Å². The SMILES string of the molecule is CC(C)(OC(=O)COc1cc2c(c(Cl)c1Cl)C1=CC(=O)CCC1(Cc1ccccc1)C2)C(=O)O. The zero-order valence-electron chi connectivity index (χ0n) is 18.8. The maximum absolute atomic E-state index is 12.3. The van der Waals surface area contributed by atoms with Gasteiger partial charge in [-0.1, -0.05) is 53.5 Å². The molecular weight excluding hydrogens is 479 g/mol. The molecule has 178 valence electrons. The van der Waals surface area contributed by atoms with Gasteiger partial charge in [0.05, 0.1) is 5.02 Å². The Morgan fingerprint density at radius 3 is 2.53 bits per heavy atom. The van der Waals surface area contributed by atoms with E-state index in [0.717, 1.165) is 28.7 Å². The Bertz CT molecular complexity index is 1200. The minimum atomic E-state index is -1.68. The average Bonchev–Trinajstić information content (AvgIpc) is 3.08. The minimum Gasteiger partial charge on any atom is -0.480 e. The van der Waals surface area contributed by atoms with Gasteiger partial charge in [-0.3, -0.25) is 4.79 Å². The maximum Gasteiger partial charge on any atom is 0.347 e. The summed E-state index contributed by atoms with van der Waals surface area (Å²) in [4.78, 5) is 35.7. The number of carboxylic acids is 1. The van der Waals surface area contributed by atoms with Crippen LogP contribution in [-0.2, 0) is 32.0 Å². The summed E-state index contributed by atoms with van der Waals surface area (Å²) in [7, 11) is 0. The van der Waals surface area contributed by atoms with Gasteiger partial charge in [-0.25, -0.2) is 9.59 Å². The van der Waals surface area contributed by atoms with Crippen molar-refractivity contribution in [1.29, 1.82) is 0 Å². The number of rotatable bonds is 7. The summed E-state index contributed by atoms with van der Waals surface area (Å²) in [6.45, 7) is 2.02. The summed E-state index contributed by atoms with van der Waals surface area (Å²) in [5.41, 5.74) is 1.73. The Kier molecular flexibility index (Phi) is 6.49. The number of ether oxygens (including phenoxy) is 2. The van der Waals surface area contributed by atoms with Gasteiger partial charge in [-0.15, -0.1) is 0 Å². The number of carboxylic acid groups (broad SMARTS) is 1. The van der Waals surface area contributed by atoms with E-state index in [1.165, 1.54) is 13.8 Å². The van der Waals surface area contributed by atoms with Crippen LogP contribution in [0.15, 0.2) is 42.5 Å². The molecule has 1 atom stereocenters. The molecule has 0 saturated heterocycles. The molecule has 2 aromatic rings. The second-order valence-corrected chi connectivity index (χ2v) is 10.0. The molecule has 0 bridgehead atoms. The molecule has 0 saturated carbocycles. The number of aliphatic carboxylic acids is 1. The fourth-order valence-electron chi connectivity index (χ4n) is 4.68. The Morgan fingerprint density at radius 1 is 1.15 bits per heavy atom. The molecule has 34 heavy (non-hydrogen) atoms. The smallest absolute Gasteiger partial charge is 0.347 e. The Balaban J connectivity index is 1.63. The summed E-state index contributed by atoms with van der Waals surface area (Å²) in [6, 6.07) is 11.8. The van der Waals surface area contributed by atoms with E-state index >= 15 is 0 Å². The number of allylic oxidation sites excluding steroid dienone is 2. The summed E-state index contributed by atoms with van der Waals surface area (Å²) in [6.07, 6.45) is 4.25. The lowest BCUT2D eigenvalue weighted by molar-refractivity contribution is -0.175. The highest BCUT2D eigenvalue weighted by molar-refractivity contribution is 6.44. The first-order valence-corrected chi connectivity index (χ1v) is 11.7. The normalized spacial score (nSPS) is 19.2. The molecule has 1 unspecified atom stereocenters. The lowest BCUT2D eigenvalue weighted by atomic mass is 9.69. The van der Waals surface area contributed by atoms with Gasteiger partial charge in [0.15, 0.2) is 12.4 Å². The van der Waals surface area contributed by atoms with E-state index < -0.39 is 24.1 Å². The quantitative estimate of drug-likeness (QED) is 0.515. The van der Waals surface area contributed by atoms with Crippen molar-refractivity contribution in [2.45, 2.75) is 45.1 Å². The number of fused-ring (bicyclic) bond motifs is 3. The Morgan fingerprint density at radius 2 is 1.85 bits per heavy atom. The molecule has 0 amide bonds. The zero-order chi connectivity index (χ0) is 24.7. The van der Waals surface area contributed by atoms with E-state index in [2.05, 4.69) is 12.1 Å². The van der Waals surface area contributed by atoms with E-state index in [1.54, 1.807) is 12.1 Å². The highest BCUT2D eigenvalue weighted by Crippen LogP contribution is 2.57. The number of carbonyl (C=O) groups excluding carboxylic acids is 2. The molecule has 0 aliphatic heterocycles. The van der Waals surface area contributed by atoms with E-state index in [9.17, 15) is 14.4 Å². The van der Waals surface area contributed by atoms with Crippen LogP contribution in [0.1, 0.15) is 43.4 Å². The van der Waals surface area contributed by atoms with Crippen molar-refractivity contribution in [3.8, 4) is 5.75 Å². The molecule has 2 aromatic carbocycles. The molecule has 6 nitrogen and oxygen atoms in total. The van der Waals surface area contributed by atoms with E-state index in [0.29, 0.717) is 19.3 Å². The van der Waals surface area contributed by atoms with Gasteiger partial charge in [0.2, 0.25) is 5.60 Å². The largest absolute Gasteiger partial charge is 0.480 e. The summed E-state index contributed by atoms with van der Waals surface area (Å²) >= 11 is 13.2. The lowest BCUT2D eigenvalue weighted by Gasteiger charge is -2.34. The topological polar surface area (TPSA) is 89.9 Å². The van der Waals surface area contributed by atoms with E-state index in [1.807, 2.05) is 18.2 Å². The first kappa shape index (κ1) is 24.3. The van der Waals surface area contributed by atoms with Crippen LogP contribution in [0.2, 0.25) is 10.0 Å². The van der Waals surface area contributed by atoms with Crippen LogP contribution in [0.4, 0.5) is 0 Å². The molecule has 0 fully saturated rings. The standard InChI is InChI=1S/C26H24Cl2O6/c1-25(2,24(31)32)34-20(30)14-33-19-10-16-13-26(12-15-6-4-3-5-7-15)9-8-17(29)11-18(26)21(16)23(28)22(19)27/h3-7,10-11H,8-9,12-14H2,1-2H3,(H,31,32). The van der Waals surface area contributed by atoms with Crippen LogP contribution >= 0.6 is 23.2 Å². The number of carbonyl (C=O) groups is 3. The van der Waals surface area contributed by atoms with Crippen LogP contribution in [-0.4, -0.2) is 35.0 Å². The van der Waals surface area contributed by atoms with Crippen LogP contribution in [0, 0.1) is 5.41 Å². The molecule has 2 aliphatic rings. The highest BCUT2D eigenvalue weighted by Gasteiger charge is 2.46. The van der Waals surface area contributed by atoms with Gasteiger partial charge in [-0.2, -0.15) is 0 Å². The number of esters is 1. The number of benzene rings is 2. The lowest BCUT2D eigenvalue weighted by Crippen LogP contribution is -2.38. The highest BCUT2D eigenvalue weighted by atomic mass is 35.5. The minimum absolute atomic E-state index is 0.0582. The number of ketones is 1. The van der Waals surface area contributed by atoms with Gasteiger partial charge in [0, 0.05) is 17.4 Å². The van der Waals surface area contributed by atoms with Gasteiger partial charge in [-0.05, 0) is 62.0 Å². The molecule has 2 aliphatic carbocycles. The Labute approximate surface area is 207 Å². The predicted molar refractivity (Wildman–Crippen MR) is 128 cm³/mol. The molecular formula is C26H24Cl2O6. The summed E-state index contributed by atoms with van der Waals surface area (Å²) in [5, 5.41) is 9.52. The van der Waals surface area contributed by atoms with Crippen LogP contribution in [0.3, 0.4) is 0 Å². The second kappa shape index (κ2) is 9.08. The van der Waals surface area contributed by atoms with Gasteiger partial charge >= 0.3 is 11.9 Å². The molecule has 0 radical (unpaired) electrons. The van der Waals surface area contributed by atoms with Crippen LogP contribution in [0.5, 0.6) is 5.75 Å². The van der Waals surface area contributed by atoms with Crippen molar-refractivity contribution in [2.24, 2.45) is 5.41 Å². The van der Waals surface area contributed by atoms with E-state index in [4.69, 9.17) is 37.8 Å². The van der Waals surface area contributed by atoms with Crippen LogP contribution < -0.4 is 4.74 Å². The fourth-order valence-corrected chi connectivity index (χ4v) is 5.20. The van der Waals surface area contributed by atoms with Gasteiger partial charge < -0.3 is 14.6 Å². The predicted octanol–water partition coefficient (Wildman–Crippen LogP) is 5.31.